The Morgan fingerprint density at radius 2 is 1.79 bits per heavy atom. The zero-order valence-corrected chi connectivity index (χ0v) is 15.2. The molecule has 1 saturated carbocycles. The van der Waals surface area contributed by atoms with E-state index in [0.29, 0.717) is 13.2 Å². The van der Waals surface area contributed by atoms with Crippen LogP contribution >= 0.6 is 0 Å². The number of hydrogen-bond donors (Lipinski definition) is 2. The third kappa shape index (κ3) is 7.68. The summed E-state index contributed by atoms with van der Waals surface area (Å²) in [6, 6.07) is 6.26. The quantitative estimate of drug-likeness (QED) is 0.393. The normalized spacial score (nSPS) is 14.5. The van der Waals surface area contributed by atoms with E-state index in [2.05, 4.69) is 47.7 Å². The number of nitrogens with zero attached hydrogens (tertiary/aromatic N) is 1. The van der Waals surface area contributed by atoms with Crippen LogP contribution in [0.4, 0.5) is 0 Å². The van der Waals surface area contributed by atoms with E-state index >= 15 is 0 Å². The maximum absolute atomic E-state index is 5.78. The van der Waals surface area contributed by atoms with E-state index in [9.17, 15) is 0 Å². The van der Waals surface area contributed by atoms with Crippen LogP contribution in [0, 0.1) is 19.8 Å². The van der Waals surface area contributed by atoms with Crippen molar-refractivity contribution < 1.29 is 9.47 Å². The largest absolute Gasteiger partial charge is 0.492 e. The molecule has 1 aromatic carbocycles. The van der Waals surface area contributed by atoms with E-state index in [1.54, 1.807) is 7.05 Å². The average Bonchev–Trinajstić information content (AvgIpc) is 3.36. The van der Waals surface area contributed by atoms with Crippen molar-refractivity contribution in [3.63, 3.8) is 0 Å². The van der Waals surface area contributed by atoms with Crippen molar-refractivity contribution in [3.05, 3.63) is 29.3 Å². The lowest BCUT2D eigenvalue weighted by atomic mass is 10.1. The molecular weight excluding hydrogens is 302 g/mol. The van der Waals surface area contributed by atoms with Crippen LogP contribution < -0.4 is 15.4 Å². The summed E-state index contributed by atoms with van der Waals surface area (Å²) in [5.41, 5.74) is 2.44. The second-order valence-corrected chi connectivity index (χ2v) is 6.47. The lowest BCUT2D eigenvalue weighted by Crippen LogP contribution is -2.39. The van der Waals surface area contributed by atoms with E-state index in [1.165, 1.54) is 24.0 Å². The average molecular weight is 333 g/mol. The molecule has 0 atom stereocenters. The van der Waals surface area contributed by atoms with E-state index in [0.717, 1.165) is 43.8 Å². The predicted molar refractivity (Wildman–Crippen MR) is 98.9 cm³/mol. The Kier molecular flexibility index (Phi) is 7.89. The van der Waals surface area contributed by atoms with Gasteiger partial charge in [-0.3, -0.25) is 4.99 Å². The fourth-order valence-electron chi connectivity index (χ4n) is 2.49. The summed E-state index contributed by atoms with van der Waals surface area (Å²) in [6.07, 6.45) is 3.69. The molecule has 0 radical (unpaired) electrons. The van der Waals surface area contributed by atoms with E-state index in [4.69, 9.17) is 9.47 Å². The highest BCUT2D eigenvalue weighted by Gasteiger charge is 2.20. The second-order valence-electron chi connectivity index (χ2n) is 6.47. The molecule has 0 aromatic heterocycles. The zero-order chi connectivity index (χ0) is 17.2. The van der Waals surface area contributed by atoms with Crippen molar-refractivity contribution in [2.24, 2.45) is 10.9 Å². The molecule has 0 heterocycles. The smallest absolute Gasteiger partial charge is 0.191 e. The lowest BCUT2D eigenvalue weighted by molar-refractivity contribution is 0.123. The van der Waals surface area contributed by atoms with Crippen molar-refractivity contribution in [3.8, 4) is 5.75 Å². The molecule has 134 valence electrons. The first-order valence-corrected chi connectivity index (χ1v) is 8.90. The fourth-order valence-corrected chi connectivity index (χ4v) is 2.49. The van der Waals surface area contributed by atoms with Crippen molar-refractivity contribution >= 4 is 5.96 Å². The minimum atomic E-state index is 0.605. The van der Waals surface area contributed by atoms with Crippen molar-refractivity contribution in [2.75, 3.05) is 40.0 Å². The maximum atomic E-state index is 5.78. The third-order valence-corrected chi connectivity index (χ3v) is 3.89. The Morgan fingerprint density at radius 3 is 2.46 bits per heavy atom. The lowest BCUT2D eigenvalue weighted by Gasteiger charge is -2.13. The summed E-state index contributed by atoms with van der Waals surface area (Å²) in [6.45, 7) is 8.09. The molecule has 1 aromatic rings. The fraction of sp³-hybridized carbons (Fsp3) is 0.632. The van der Waals surface area contributed by atoms with Crippen LogP contribution in [0.2, 0.25) is 0 Å². The topological polar surface area (TPSA) is 54.9 Å². The molecule has 0 aliphatic heterocycles. The van der Waals surface area contributed by atoms with Gasteiger partial charge in [-0.05, 0) is 62.3 Å². The van der Waals surface area contributed by atoms with Gasteiger partial charge in [-0.2, -0.15) is 0 Å². The Balaban J connectivity index is 1.52. The van der Waals surface area contributed by atoms with Crippen molar-refractivity contribution in [1.29, 1.82) is 0 Å². The molecule has 5 heteroatoms. The number of rotatable bonds is 10. The highest BCUT2D eigenvalue weighted by molar-refractivity contribution is 5.79. The first-order valence-electron chi connectivity index (χ1n) is 8.90. The molecule has 2 N–H and O–H groups in total. The number of benzene rings is 1. The van der Waals surface area contributed by atoms with Gasteiger partial charge >= 0.3 is 0 Å². The van der Waals surface area contributed by atoms with Gasteiger partial charge in [0, 0.05) is 26.8 Å². The van der Waals surface area contributed by atoms with Crippen LogP contribution in [0.1, 0.15) is 30.4 Å². The number of nitrogens with one attached hydrogen (secondary N) is 2. The van der Waals surface area contributed by atoms with E-state index < -0.39 is 0 Å². The minimum Gasteiger partial charge on any atom is -0.492 e. The summed E-state index contributed by atoms with van der Waals surface area (Å²) < 4.78 is 11.4. The second kappa shape index (κ2) is 10.2. The van der Waals surface area contributed by atoms with Crippen molar-refractivity contribution in [2.45, 2.75) is 33.1 Å². The maximum Gasteiger partial charge on any atom is 0.191 e. The molecule has 0 unspecified atom stereocenters. The number of aryl methyl sites for hydroxylation is 2. The molecule has 1 aliphatic carbocycles. The summed E-state index contributed by atoms with van der Waals surface area (Å²) in [4.78, 5) is 4.21. The summed E-state index contributed by atoms with van der Waals surface area (Å²) in [7, 11) is 1.78. The molecule has 1 aliphatic rings. The van der Waals surface area contributed by atoms with Crippen molar-refractivity contribution in [1.82, 2.24) is 10.6 Å². The van der Waals surface area contributed by atoms with E-state index in [1.807, 2.05) is 0 Å². The molecule has 1 fully saturated rings. The molecule has 0 amide bonds. The standard InChI is InChI=1S/C19H31N3O2/c1-15-11-16(2)13-18(12-15)24-10-8-22-19(20-3)21-7-4-9-23-14-17-5-6-17/h11-13,17H,4-10,14H2,1-3H3,(H2,20,21,22). The van der Waals surface area contributed by atoms with Gasteiger partial charge in [-0.25, -0.2) is 0 Å². The summed E-state index contributed by atoms with van der Waals surface area (Å²) >= 11 is 0. The summed E-state index contributed by atoms with van der Waals surface area (Å²) in [5, 5.41) is 6.55. The van der Waals surface area contributed by atoms with Gasteiger partial charge < -0.3 is 20.1 Å². The summed E-state index contributed by atoms with van der Waals surface area (Å²) in [5.74, 6) is 2.57. The van der Waals surface area contributed by atoms with Crippen LogP contribution in [0.5, 0.6) is 5.75 Å². The van der Waals surface area contributed by atoms with Gasteiger partial charge in [0.1, 0.15) is 12.4 Å². The molecule has 0 bridgehead atoms. The highest BCUT2D eigenvalue weighted by atomic mass is 16.5. The van der Waals surface area contributed by atoms with Gasteiger partial charge in [-0.15, -0.1) is 0 Å². The SMILES string of the molecule is CN=C(NCCCOCC1CC1)NCCOc1cc(C)cc(C)c1. The minimum absolute atomic E-state index is 0.605. The van der Waals surface area contributed by atoms with Gasteiger partial charge in [0.2, 0.25) is 0 Å². The Hall–Kier alpha value is -1.75. The Bertz CT molecular complexity index is 507. The number of hydrogen-bond acceptors (Lipinski definition) is 3. The number of ether oxygens (including phenoxy) is 2. The molecule has 24 heavy (non-hydrogen) atoms. The van der Waals surface area contributed by atoms with Gasteiger partial charge in [-0.1, -0.05) is 6.07 Å². The predicted octanol–water partition coefficient (Wildman–Crippen LogP) is 2.66. The molecular formula is C19H31N3O2. The van der Waals surface area contributed by atoms with Crippen LogP contribution in [0.25, 0.3) is 0 Å². The van der Waals surface area contributed by atoms with Gasteiger partial charge in [0.15, 0.2) is 5.96 Å². The highest BCUT2D eigenvalue weighted by Crippen LogP contribution is 2.28. The first kappa shape index (κ1) is 18.6. The van der Waals surface area contributed by atoms with Crippen LogP contribution in [-0.2, 0) is 4.74 Å². The number of aliphatic imine (C=N–C) groups is 1. The van der Waals surface area contributed by atoms with Crippen LogP contribution in [-0.4, -0.2) is 45.9 Å². The Morgan fingerprint density at radius 1 is 1.08 bits per heavy atom. The Labute approximate surface area is 145 Å². The first-order chi connectivity index (χ1) is 11.7. The molecule has 0 spiro atoms. The van der Waals surface area contributed by atoms with E-state index in [-0.39, 0.29) is 0 Å². The third-order valence-electron chi connectivity index (χ3n) is 3.89. The zero-order valence-electron chi connectivity index (χ0n) is 15.2. The van der Waals surface area contributed by atoms with Gasteiger partial charge in [0.05, 0.1) is 6.54 Å². The monoisotopic (exact) mass is 333 g/mol. The van der Waals surface area contributed by atoms with Crippen LogP contribution in [0.3, 0.4) is 0 Å². The molecule has 2 rings (SSSR count). The molecule has 0 saturated heterocycles. The number of guanidine groups is 1. The van der Waals surface area contributed by atoms with Crippen LogP contribution in [0.15, 0.2) is 23.2 Å². The molecule has 5 nitrogen and oxygen atoms in total. The van der Waals surface area contributed by atoms with Gasteiger partial charge in [0.25, 0.3) is 0 Å².